The highest BCUT2D eigenvalue weighted by Gasteiger charge is 2.27. The largest absolute Gasteiger partial charge is 0.316 e. The predicted molar refractivity (Wildman–Crippen MR) is 74.5 cm³/mol. The highest BCUT2D eigenvalue weighted by atomic mass is 19.1. The first kappa shape index (κ1) is 13.5. The summed E-state index contributed by atoms with van der Waals surface area (Å²) in [5, 5.41) is 3.39. The number of hydrogen-bond acceptors (Lipinski definition) is 1. The van der Waals surface area contributed by atoms with E-state index in [0.717, 1.165) is 29.5 Å². The molecule has 1 aromatic rings. The van der Waals surface area contributed by atoms with Gasteiger partial charge in [-0.3, -0.25) is 0 Å². The van der Waals surface area contributed by atoms with E-state index >= 15 is 0 Å². The van der Waals surface area contributed by atoms with Crippen LogP contribution in [0, 0.1) is 19.7 Å². The highest BCUT2D eigenvalue weighted by molar-refractivity contribution is 5.35. The van der Waals surface area contributed by atoms with Crippen molar-refractivity contribution in [2.75, 3.05) is 7.05 Å². The lowest BCUT2D eigenvalue weighted by atomic mass is 9.84. The number of likely N-dealkylation sites (N-methyl/N-ethyl adjacent to an activating group) is 1. The lowest BCUT2D eigenvalue weighted by molar-refractivity contribution is 0.423. The Morgan fingerprint density at radius 1 is 1.11 bits per heavy atom. The summed E-state index contributed by atoms with van der Waals surface area (Å²) in [5.41, 5.74) is 3.07. The Balaban J connectivity index is 2.38. The summed E-state index contributed by atoms with van der Waals surface area (Å²) in [6.07, 6.45) is 6.02. The molecule has 1 aromatic carbocycles. The van der Waals surface area contributed by atoms with Crippen LogP contribution in [0.25, 0.3) is 0 Å². The van der Waals surface area contributed by atoms with E-state index in [4.69, 9.17) is 0 Å². The fraction of sp³-hybridized carbons (Fsp3) is 0.625. The van der Waals surface area contributed by atoms with Gasteiger partial charge in [-0.1, -0.05) is 25.3 Å². The van der Waals surface area contributed by atoms with Gasteiger partial charge in [0.25, 0.3) is 0 Å². The Morgan fingerprint density at radius 3 is 2.50 bits per heavy atom. The molecule has 0 saturated heterocycles. The van der Waals surface area contributed by atoms with Gasteiger partial charge in [-0.05, 0) is 56.5 Å². The summed E-state index contributed by atoms with van der Waals surface area (Å²) in [6.45, 7) is 4.01. The SMILES string of the molecule is CNC1CCCCCC1c1c(C)cc(C)cc1F. The second-order valence-electron chi connectivity index (χ2n) is 5.62. The van der Waals surface area contributed by atoms with Gasteiger partial charge in [-0.25, -0.2) is 4.39 Å². The molecule has 18 heavy (non-hydrogen) atoms. The molecule has 0 bridgehead atoms. The minimum atomic E-state index is -0.0142. The zero-order valence-corrected chi connectivity index (χ0v) is 11.7. The standard InChI is InChI=1S/C16H24FN/c1-11-9-12(2)16(14(17)10-11)13-7-5-4-6-8-15(13)18-3/h9-10,13,15,18H,4-8H2,1-3H3. The summed E-state index contributed by atoms with van der Waals surface area (Å²) in [4.78, 5) is 0. The topological polar surface area (TPSA) is 12.0 Å². The van der Waals surface area contributed by atoms with Gasteiger partial charge < -0.3 is 5.32 Å². The van der Waals surface area contributed by atoms with E-state index in [1.807, 2.05) is 20.9 Å². The molecule has 0 aliphatic heterocycles. The van der Waals surface area contributed by atoms with E-state index in [1.54, 1.807) is 6.07 Å². The quantitative estimate of drug-likeness (QED) is 0.779. The van der Waals surface area contributed by atoms with E-state index < -0.39 is 0 Å². The number of hydrogen-bond donors (Lipinski definition) is 1. The molecule has 0 radical (unpaired) electrons. The van der Waals surface area contributed by atoms with Crippen LogP contribution in [0.2, 0.25) is 0 Å². The van der Waals surface area contributed by atoms with Gasteiger partial charge in [0.05, 0.1) is 0 Å². The summed E-state index contributed by atoms with van der Waals surface area (Å²) in [7, 11) is 2.00. The van der Waals surface area contributed by atoms with Gasteiger partial charge >= 0.3 is 0 Å². The maximum atomic E-state index is 14.3. The number of halogens is 1. The van der Waals surface area contributed by atoms with Crippen molar-refractivity contribution in [3.63, 3.8) is 0 Å². The van der Waals surface area contributed by atoms with Crippen molar-refractivity contribution in [2.45, 2.75) is 57.9 Å². The maximum absolute atomic E-state index is 14.3. The highest BCUT2D eigenvalue weighted by Crippen LogP contribution is 2.35. The third kappa shape index (κ3) is 2.74. The van der Waals surface area contributed by atoms with Gasteiger partial charge in [0.15, 0.2) is 0 Å². The average Bonchev–Trinajstić information content (AvgIpc) is 2.53. The van der Waals surface area contributed by atoms with Gasteiger partial charge in [0, 0.05) is 12.0 Å². The van der Waals surface area contributed by atoms with Crippen LogP contribution in [0.15, 0.2) is 12.1 Å². The Kier molecular flexibility index (Phi) is 4.39. The third-order valence-electron chi connectivity index (χ3n) is 4.24. The second-order valence-corrected chi connectivity index (χ2v) is 5.62. The molecular weight excluding hydrogens is 225 g/mol. The molecule has 0 amide bonds. The van der Waals surface area contributed by atoms with Crippen LogP contribution in [0.3, 0.4) is 0 Å². The molecule has 0 aromatic heterocycles. The third-order valence-corrected chi connectivity index (χ3v) is 4.24. The molecule has 0 spiro atoms. The fourth-order valence-corrected chi connectivity index (χ4v) is 3.40. The predicted octanol–water partition coefficient (Wildman–Crippen LogP) is 4.08. The molecule has 1 aliphatic rings. The maximum Gasteiger partial charge on any atom is 0.127 e. The van der Waals surface area contributed by atoms with Crippen LogP contribution in [0.5, 0.6) is 0 Å². The van der Waals surface area contributed by atoms with Gasteiger partial charge in [-0.2, -0.15) is 0 Å². The molecule has 1 fully saturated rings. The van der Waals surface area contributed by atoms with E-state index in [2.05, 4.69) is 11.4 Å². The molecule has 100 valence electrons. The Bertz CT molecular complexity index is 391. The van der Waals surface area contributed by atoms with E-state index in [-0.39, 0.29) is 5.82 Å². The first-order chi connectivity index (χ1) is 8.63. The van der Waals surface area contributed by atoms with E-state index in [9.17, 15) is 4.39 Å². The lowest BCUT2D eigenvalue weighted by Gasteiger charge is -2.27. The molecule has 2 rings (SSSR count). The normalized spacial score (nSPS) is 24.9. The van der Waals surface area contributed by atoms with Crippen molar-refractivity contribution in [3.05, 3.63) is 34.6 Å². The van der Waals surface area contributed by atoms with Crippen LogP contribution in [0.4, 0.5) is 4.39 Å². The molecule has 1 aliphatic carbocycles. The lowest BCUT2D eigenvalue weighted by Crippen LogP contribution is -2.32. The molecular formula is C16H24FN. The summed E-state index contributed by atoms with van der Waals surface area (Å²) >= 11 is 0. The number of nitrogens with one attached hydrogen (secondary N) is 1. The smallest absolute Gasteiger partial charge is 0.127 e. The van der Waals surface area contributed by atoms with Gasteiger partial charge in [0.1, 0.15) is 5.82 Å². The zero-order valence-electron chi connectivity index (χ0n) is 11.7. The Hall–Kier alpha value is -0.890. The monoisotopic (exact) mass is 249 g/mol. The van der Waals surface area contributed by atoms with Crippen molar-refractivity contribution in [2.24, 2.45) is 0 Å². The van der Waals surface area contributed by atoms with Crippen LogP contribution in [0.1, 0.15) is 54.7 Å². The second kappa shape index (κ2) is 5.83. The van der Waals surface area contributed by atoms with E-state index in [1.165, 1.54) is 19.3 Å². The van der Waals surface area contributed by atoms with Crippen molar-refractivity contribution in [3.8, 4) is 0 Å². The fourth-order valence-electron chi connectivity index (χ4n) is 3.40. The Morgan fingerprint density at radius 2 is 1.83 bits per heavy atom. The van der Waals surface area contributed by atoms with Gasteiger partial charge in [-0.15, -0.1) is 0 Å². The summed E-state index contributed by atoms with van der Waals surface area (Å²) in [5.74, 6) is 0.317. The van der Waals surface area contributed by atoms with Crippen molar-refractivity contribution < 1.29 is 4.39 Å². The first-order valence-corrected chi connectivity index (χ1v) is 7.07. The van der Waals surface area contributed by atoms with Crippen molar-refractivity contribution in [1.82, 2.24) is 5.32 Å². The van der Waals surface area contributed by atoms with Crippen LogP contribution in [-0.2, 0) is 0 Å². The number of rotatable bonds is 2. The first-order valence-electron chi connectivity index (χ1n) is 7.07. The molecule has 2 heteroatoms. The zero-order chi connectivity index (χ0) is 13.1. The minimum absolute atomic E-state index is 0.0142. The van der Waals surface area contributed by atoms with Crippen LogP contribution in [-0.4, -0.2) is 13.1 Å². The average molecular weight is 249 g/mol. The van der Waals surface area contributed by atoms with Crippen molar-refractivity contribution >= 4 is 0 Å². The summed E-state index contributed by atoms with van der Waals surface area (Å²) < 4.78 is 14.3. The van der Waals surface area contributed by atoms with Gasteiger partial charge in [0.2, 0.25) is 0 Å². The number of benzene rings is 1. The minimum Gasteiger partial charge on any atom is -0.316 e. The van der Waals surface area contributed by atoms with Crippen LogP contribution >= 0.6 is 0 Å². The van der Waals surface area contributed by atoms with Crippen molar-refractivity contribution in [1.29, 1.82) is 0 Å². The number of aryl methyl sites for hydroxylation is 2. The molecule has 2 atom stereocenters. The molecule has 0 heterocycles. The molecule has 1 saturated carbocycles. The van der Waals surface area contributed by atoms with Crippen LogP contribution < -0.4 is 5.32 Å². The molecule has 1 N–H and O–H groups in total. The molecule has 1 nitrogen and oxygen atoms in total. The van der Waals surface area contributed by atoms with E-state index in [0.29, 0.717) is 12.0 Å². The molecule has 2 unspecified atom stereocenters. The summed E-state index contributed by atoms with van der Waals surface area (Å²) in [6, 6.07) is 4.21. The Labute approximate surface area is 110 Å².